The van der Waals surface area contributed by atoms with E-state index < -0.39 is 0 Å². The molecule has 0 saturated carbocycles. The molecule has 0 aliphatic rings. The van der Waals surface area contributed by atoms with E-state index >= 15 is 0 Å². The Morgan fingerprint density at radius 1 is 0.538 bits per heavy atom. The zero-order valence-electron chi connectivity index (χ0n) is 14.6. The minimum absolute atomic E-state index is 1.27. The van der Waals surface area contributed by atoms with Gasteiger partial charge in [-0.1, -0.05) is 78.9 Å². The molecule has 0 N–H and O–H groups in total. The molecule has 4 aromatic carbocycles. The molecule has 0 aliphatic carbocycles. The van der Waals surface area contributed by atoms with Crippen LogP contribution in [0, 0.1) is 6.92 Å². The van der Waals surface area contributed by atoms with Gasteiger partial charge in [0.1, 0.15) is 0 Å². The summed E-state index contributed by atoms with van der Waals surface area (Å²) >= 11 is 1.88. The van der Waals surface area contributed by atoms with Crippen LogP contribution >= 0.6 is 11.3 Å². The third-order valence-corrected chi connectivity index (χ3v) is 6.24. The van der Waals surface area contributed by atoms with Gasteiger partial charge in [-0.05, 0) is 46.9 Å². The molecule has 0 fully saturated rings. The lowest BCUT2D eigenvalue weighted by Gasteiger charge is -2.12. The maximum Gasteiger partial charge on any atom is 0.0361 e. The molecule has 0 nitrogen and oxygen atoms in total. The number of benzene rings is 4. The van der Waals surface area contributed by atoms with Gasteiger partial charge in [0.05, 0.1) is 0 Å². The highest BCUT2D eigenvalue weighted by molar-refractivity contribution is 7.25. The highest BCUT2D eigenvalue weighted by atomic mass is 32.1. The molecule has 5 rings (SSSR count). The number of hydrogen-bond donors (Lipinski definition) is 0. The van der Waals surface area contributed by atoms with Crippen LogP contribution in [0.4, 0.5) is 0 Å². The molecule has 0 radical (unpaired) electrons. The van der Waals surface area contributed by atoms with Crippen molar-refractivity contribution in [2.24, 2.45) is 0 Å². The van der Waals surface area contributed by atoms with Crippen LogP contribution in [-0.4, -0.2) is 0 Å². The van der Waals surface area contributed by atoms with Crippen molar-refractivity contribution >= 4 is 31.5 Å². The van der Waals surface area contributed by atoms with E-state index in [0.717, 1.165) is 0 Å². The third kappa shape index (κ3) is 2.44. The molecule has 5 aromatic rings. The van der Waals surface area contributed by atoms with Crippen LogP contribution in [-0.2, 0) is 0 Å². The fraction of sp³-hybridized carbons (Fsp3) is 0.0400. The zero-order valence-corrected chi connectivity index (χ0v) is 15.4. The van der Waals surface area contributed by atoms with Crippen LogP contribution in [0.25, 0.3) is 42.4 Å². The van der Waals surface area contributed by atoms with Gasteiger partial charge in [0.15, 0.2) is 0 Å². The van der Waals surface area contributed by atoms with E-state index in [1.807, 2.05) is 11.3 Å². The van der Waals surface area contributed by atoms with Gasteiger partial charge >= 0.3 is 0 Å². The number of hydrogen-bond acceptors (Lipinski definition) is 1. The first-order chi connectivity index (χ1) is 12.8. The standard InChI is InChI=1S/C25H18S/c1-17-20(18-8-3-2-4-9-18)11-7-12-21(17)19-14-15-23-22-10-5-6-13-24(22)26-25(23)16-19/h2-16H,1H3. The van der Waals surface area contributed by atoms with Crippen molar-refractivity contribution < 1.29 is 0 Å². The molecule has 0 atom stereocenters. The Bertz CT molecular complexity index is 1230. The molecule has 1 heteroatoms. The quantitative estimate of drug-likeness (QED) is 0.306. The molecule has 26 heavy (non-hydrogen) atoms. The van der Waals surface area contributed by atoms with Gasteiger partial charge in [0.25, 0.3) is 0 Å². The maximum atomic E-state index is 2.34. The minimum Gasteiger partial charge on any atom is -0.135 e. The van der Waals surface area contributed by atoms with Crippen molar-refractivity contribution in [3.63, 3.8) is 0 Å². The molecular formula is C25H18S. The Morgan fingerprint density at radius 3 is 2.08 bits per heavy atom. The molecule has 1 heterocycles. The van der Waals surface area contributed by atoms with Gasteiger partial charge in [-0.2, -0.15) is 0 Å². The molecule has 0 spiro atoms. The van der Waals surface area contributed by atoms with E-state index in [9.17, 15) is 0 Å². The number of thiophene rings is 1. The summed E-state index contributed by atoms with van der Waals surface area (Å²) in [6.07, 6.45) is 0. The molecule has 1 aromatic heterocycles. The van der Waals surface area contributed by atoms with Crippen LogP contribution in [0.3, 0.4) is 0 Å². The van der Waals surface area contributed by atoms with Crippen molar-refractivity contribution in [3.05, 3.63) is 96.6 Å². The summed E-state index contributed by atoms with van der Waals surface area (Å²) in [7, 11) is 0. The van der Waals surface area contributed by atoms with Crippen LogP contribution in [0.5, 0.6) is 0 Å². The van der Waals surface area contributed by atoms with Crippen molar-refractivity contribution in [1.29, 1.82) is 0 Å². The molecule has 0 aliphatic heterocycles. The fourth-order valence-corrected chi connectivity index (χ4v) is 4.92. The number of rotatable bonds is 2. The highest BCUT2D eigenvalue weighted by Gasteiger charge is 2.10. The van der Waals surface area contributed by atoms with Crippen molar-refractivity contribution in [3.8, 4) is 22.3 Å². The Balaban J connectivity index is 1.69. The summed E-state index contributed by atoms with van der Waals surface area (Å²) in [4.78, 5) is 0. The Kier molecular flexibility index (Phi) is 3.62. The lowest BCUT2D eigenvalue weighted by Crippen LogP contribution is -1.88. The first-order valence-corrected chi connectivity index (χ1v) is 9.69. The van der Waals surface area contributed by atoms with Gasteiger partial charge in [-0.25, -0.2) is 0 Å². The average Bonchev–Trinajstić information content (AvgIpc) is 3.06. The normalized spacial score (nSPS) is 11.3. The van der Waals surface area contributed by atoms with Crippen LogP contribution in [0.2, 0.25) is 0 Å². The Morgan fingerprint density at radius 2 is 1.23 bits per heavy atom. The van der Waals surface area contributed by atoms with E-state index in [-0.39, 0.29) is 0 Å². The molecular weight excluding hydrogens is 332 g/mol. The van der Waals surface area contributed by atoms with Gasteiger partial charge in [0.2, 0.25) is 0 Å². The second kappa shape index (κ2) is 6.12. The van der Waals surface area contributed by atoms with Crippen LogP contribution < -0.4 is 0 Å². The van der Waals surface area contributed by atoms with Gasteiger partial charge in [-0.3, -0.25) is 0 Å². The third-order valence-electron chi connectivity index (χ3n) is 5.11. The smallest absolute Gasteiger partial charge is 0.0361 e. The lowest BCUT2D eigenvalue weighted by atomic mass is 9.92. The summed E-state index contributed by atoms with van der Waals surface area (Å²) in [5.74, 6) is 0. The Labute approximate surface area is 157 Å². The predicted molar refractivity (Wildman–Crippen MR) is 115 cm³/mol. The van der Waals surface area contributed by atoms with Crippen molar-refractivity contribution in [2.75, 3.05) is 0 Å². The first kappa shape index (κ1) is 15.4. The molecule has 124 valence electrons. The van der Waals surface area contributed by atoms with E-state index in [4.69, 9.17) is 0 Å². The monoisotopic (exact) mass is 350 g/mol. The van der Waals surface area contributed by atoms with Crippen molar-refractivity contribution in [1.82, 2.24) is 0 Å². The second-order valence-corrected chi connectivity index (χ2v) is 7.74. The first-order valence-electron chi connectivity index (χ1n) is 8.88. The summed E-state index contributed by atoms with van der Waals surface area (Å²) in [6.45, 7) is 2.23. The second-order valence-electron chi connectivity index (χ2n) is 6.65. The zero-order chi connectivity index (χ0) is 17.5. The van der Waals surface area contributed by atoms with E-state index in [1.54, 1.807) is 0 Å². The van der Waals surface area contributed by atoms with Crippen LogP contribution in [0.15, 0.2) is 91.0 Å². The summed E-state index contributed by atoms with van der Waals surface area (Å²) in [5.41, 5.74) is 6.51. The van der Waals surface area contributed by atoms with Gasteiger partial charge in [-0.15, -0.1) is 11.3 Å². The SMILES string of the molecule is Cc1c(-c2ccccc2)cccc1-c1ccc2c(c1)sc1ccccc12. The van der Waals surface area contributed by atoms with E-state index in [0.29, 0.717) is 0 Å². The largest absolute Gasteiger partial charge is 0.135 e. The number of fused-ring (bicyclic) bond motifs is 3. The maximum absolute atomic E-state index is 2.34. The predicted octanol–water partition coefficient (Wildman–Crippen LogP) is 7.70. The lowest BCUT2D eigenvalue weighted by molar-refractivity contribution is 1.45. The van der Waals surface area contributed by atoms with Gasteiger partial charge in [0, 0.05) is 20.2 Å². The summed E-state index contributed by atoms with van der Waals surface area (Å²) in [5, 5.41) is 2.71. The minimum atomic E-state index is 1.27. The summed E-state index contributed by atoms with van der Waals surface area (Å²) in [6, 6.07) is 32.8. The van der Waals surface area contributed by atoms with E-state index in [2.05, 4.69) is 97.9 Å². The Hall–Kier alpha value is -2.90. The van der Waals surface area contributed by atoms with E-state index in [1.165, 1.54) is 48.0 Å². The molecule has 0 unspecified atom stereocenters. The molecule has 0 amide bonds. The fourth-order valence-electron chi connectivity index (χ4n) is 3.77. The van der Waals surface area contributed by atoms with Crippen molar-refractivity contribution in [2.45, 2.75) is 6.92 Å². The summed E-state index contributed by atoms with van der Waals surface area (Å²) < 4.78 is 2.71. The molecule has 0 saturated heterocycles. The topological polar surface area (TPSA) is 0 Å². The van der Waals surface area contributed by atoms with Gasteiger partial charge < -0.3 is 0 Å². The highest BCUT2D eigenvalue weighted by Crippen LogP contribution is 2.38. The van der Waals surface area contributed by atoms with Crippen LogP contribution in [0.1, 0.15) is 5.56 Å². The molecule has 0 bridgehead atoms. The average molecular weight is 350 g/mol.